The number of carbonyl (C=O) groups is 1. The van der Waals surface area contributed by atoms with Crippen LogP contribution in [0.15, 0.2) is 42.5 Å². The van der Waals surface area contributed by atoms with E-state index in [1.807, 2.05) is 0 Å². The lowest BCUT2D eigenvalue weighted by molar-refractivity contribution is -0.137. The topological polar surface area (TPSA) is 38.8 Å². The Bertz CT molecular complexity index is 830. The van der Waals surface area contributed by atoms with E-state index in [2.05, 4.69) is 0 Å². The van der Waals surface area contributed by atoms with Gasteiger partial charge in [-0.05, 0) is 48.7 Å². The first-order valence-electron chi connectivity index (χ1n) is 8.98. The zero-order valence-electron chi connectivity index (χ0n) is 15.8. The third-order valence-corrected chi connectivity index (χ3v) is 4.77. The summed E-state index contributed by atoms with van der Waals surface area (Å²) in [6, 6.07) is 10.4. The molecule has 7 heteroatoms. The summed E-state index contributed by atoms with van der Waals surface area (Å²) in [5.41, 5.74) is 0.692. The van der Waals surface area contributed by atoms with Crippen LogP contribution in [0.25, 0.3) is 0 Å². The molecular weight excluding hydrogens is 371 g/mol. The van der Waals surface area contributed by atoms with E-state index in [1.54, 1.807) is 30.2 Å². The zero-order valence-corrected chi connectivity index (χ0v) is 15.8. The van der Waals surface area contributed by atoms with Crippen molar-refractivity contribution in [1.29, 1.82) is 0 Å². The van der Waals surface area contributed by atoms with Gasteiger partial charge in [0.05, 0.1) is 26.2 Å². The predicted molar refractivity (Wildman–Crippen MR) is 98.3 cm³/mol. The average molecular weight is 393 g/mol. The Hall–Kier alpha value is -2.70. The standard InChI is InChI=1S/C21H22F3NO3/c1-27-18-9-10-19(28-2)15(11-18)12-20(26)25(17-7-8-17)13-14-3-5-16(6-4-14)21(22,23)24/h3-6,9-11,17H,7-8,12-13H2,1-2H3. The number of ether oxygens (including phenoxy) is 2. The molecule has 150 valence electrons. The number of hydrogen-bond donors (Lipinski definition) is 0. The number of benzene rings is 2. The average Bonchev–Trinajstić information content (AvgIpc) is 3.50. The number of nitrogens with zero attached hydrogens (tertiary/aromatic N) is 1. The highest BCUT2D eigenvalue weighted by Gasteiger charge is 2.33. The number of alkyl halides is 3. The first kappa shape index (κ1) is 20.0. The van der Waals surface area contributed by atoms with Gasteiger partial charge in [0, 0.05) is 18.2 Å². The number of carbonyl (C=O) groups excluding carboxylic acids is 1. The lowest BCUT2D eigenvalue weighted by atomic mass is 10.1. The van der Waals surface area contributed by atoms with Crippen LogP contribution in [0, 0.1) is 0 Å². The van der Waals surface area contributed by atoms with Crippen LogP contribution in [0.5, 0.6) is 11.5 Å². The smallest absolute Gasteiger partial charge is 0.416 e. The zero-order chi connectivity index (χ0) is 20.3. The molecule has 0 spiro atoms. The summed E-state index contributed by atoms with van der Waals surface area (Å²) >= 11 is 0. The van der Waals surface area contributed by atoms with Crippen LogP contribution in [0.4, 0.5) is 13.2 Å². The van der Waals surface area contributed by atoms with Crippen molar-refractivity contribution in [3.63, 3.8) is 0 Å². The molecular formula is C21H22F3NO3. The molecule has 28 heavy (non-hydrogen) atoms. The van der Waals surface area contributed by atoms with Gasteiger partial charge < -0.3 is 14.4 Å². The first-order chi connectivity index (χ1) is 13.3. The minimum absolute atomic E-state index is 0.0889. The van der Waals surface area contributed by atoms with Gasteiger partial charge in [-0.3, -0.25) is 4.79 Å². The van der Waals surface area contributed by atoms with Crippen molar-refractivity contribution in [2.45, 2.75) is 38.0 Å². The molecule has 0 atom stereocenters. The summed E-state index contributed by atoms with van der Waals surface area (Å²) in [6.45, 7) is 0.286. The summed E-state index contributed by atoms with van der Waals surface area (Å²) in [5.74, 6) is 1.14. The fourth-order valence-electron chi connectivity index (χ4n) is 3.09. The molecule has 4 nitrogen and oxygen atoms in total. The van der Waals surface area contributed by atoms with Gasteiger partial charge in [-0.1, -0.05) is 12.1 Å². The van der Waals surface area contributed by atoms with Gasteiger partial charge in [0.25, 0.3) is 0 Å². The van der Waals surface area contributed by atoms with Crippen molar-refractivity contribution < 1.29 is 27.4 Å². The predicted octanol–water partition coefficient (Wildman–Crippen LogP) is 4.46. The molecule has 0 unspecified atom stereocenters. The van der Waals surface area contributed by atoms with E-state index in [0.717, 1.165) is 25.0 Å². The summed E-state index contributed by atoms with van der Waals surface area (Å²) in [5, 5.41) is 0. The first-order valence-corrected chi connectivity index (χ1v) is 8.98. The van der Waals surface area contributed by atoms with Crippen LogP contribution in [0.3, 0.4) is 0 Å². The van der Waals surface area contributed by atoms with E-state index in [4.69, 9.17) is 9.47 Å². The van der Waals surface area contributed by atoms with Gasteiger partial charge in [0.1, 0.15) is 11.5 Å². The third kappa shape index (κ3) is 4.77. The van der Waals surface area contributed by atoms with Gasteiger partial charge in [-0.25, -0.2) is 0 Å². The van der Waals surface area contributed by atoms with E-state index in [0.29, 0.717) is 22.6 Å². The lowest BCUT2D eigenvalue weighted by Gasteiger charge is -2.23. The second-order valence-electron chi connectivity index (χ2n) is 6.80. The molecule has 0 heterocycles. The Labute approximate surface area is 161 Å². The van der Waals surface area contributed by atoms with Crippen molar-refractivity contribution in [3.8, 4) is 11.5 Å². The molecule has 0 bridgehead atoms. The Morgan fingerprint density at radius 3 is 2.29 bits per heavy atom. The highest BCUT2D eigenvalue weighted by Crippen LogP contribution is 2.32. The van der Waals surface area contributed by atoms with Crippen LogP contribution in [0.1, 0.15) is 29.5 Å². The minimum Gasteiger partial charge on any atom is -0.497 e. The monoisotopic (exact) mass is 393 g/mol. The van der Waals surface area contributed by atoms with Crippen LogP contribution in [0.2, 0.25) is 0 Å². The van der Waals surface area contributed by atoms with Crippen LogP contribution in [-0.4, -0.2) is 31.1 Å². The van der Waals surface area contributed by atoms with Crippen LogP contribution in [-0.2, 0) is 23.9 Å². The van der Waals surface area contributed by atoms with E-state index in [-0.39, 0.29) is 24.9 Å². The van der Waals surface area contributed by atoms with Crippen LogP contribution >= 0.6 is 0 Å². The molecule has 3 rings (SSSR count). The Kier molecular flexibility index (Phi) is 5.82. The van der Waals surface area contributed by atoms with Crippen molar-refractivity contribution in [2.75, 3.05) is 14.2 Å². The number of halogens is 3. The van der Waals surface area contributed by atoms with Crippen LogP contribution < -0.4 is 9.47 Å². The number of amides is 1. The molecule has 0 aromatic heterocycles. The molecule has 1 amide bonds. The molecule has 1 aliphatic rings. The molecule has 2 aromatic rings. The number of rotatable bonds is 7. The largest absolute Gasteiger partial charge is 0.497 e. The van der Waals surface area contributed by atoms with E-state index in [1.165, 1.54) is 19.2 Å². The van der Waals surface area contributed by atoms with Gasteiger partial charge in [0.2, 0.25) is 5.91 Å². The van der Waals surface area contributed by atoms with Gasteiger partial charge >= 0.3 is 6.18 Å². The van der Waals surface area contributed by atoms with Gasteiger partial charge in [-0.2, -0.15) is 13.2 Å². The normalized spacial score (nSPS) is 13.9. The summed E-state index contributed by atoms with van der Waals surface area (Å²) in [6.07, 6.45) is -2.42. The van der Waals surface area contributed by atoms with E-state index >= 15 is 0 Å². The third-order valence-electron chi connectivity index (χ3n) is 4.77. The van der Waals surface area contributed by atoms with Crippen molar-refractivity contribution in [3.05, 3.63) is 59.2 Å². The lowest BCUT2D eigenvalue weighted by Crippen LogP contribution is -2.33. The van der Waals surface area contributed by atoms with E-state index < -0.39 is 11.7 Å². The number of hydrogen-bond acceptors (Lipinski definition) is 3. The quantitative estimate of drug-likeness (QED) is 0.697. The fraction of sp³-hybridized carbons (Fsp3) is 0.381. The highest BCUT2D eigenvalue weighted by molar-refractivity contribution is 5.80. The maximum Gasteiger partial charge on any atom is 0.416 e. The molecule has 0 saturated heterocycles. The van der Waals surface area contributed by atoms with Crippen molar-refractivity contribution in [2.24, 2.45) is 0 Å². The highest BCUT2D eigenvalue weighted by atomic mass is 19.4. The maximum atomic E-state index is 12.9. The Morgan fingerprint density at radius 2 is 1.75 bits per heavy atom. The molecule has 1 saturated carbocycles. The Morgan fingerprint density at radius 1 is 1.07 bits per heavy atom. The second kappa shape index (κ2) is 8.12. The van der Waals surface area contributed by atoms with Crippen molar-refractivity contribution >= 4 is 5.91 Å². The SMILES string of the molecule is COc1ccc(OC)c(CC(=O)N(Cc2ccc(C(F)(F)F)cc2)C2CC2)c1. The Balaban J connectivity index is 1.75. The molecule has 0 radical (unpaired) electrons. The summed E-state index contributed by atoms with van der Waals surface area (Å²) in [7, 11) is 3.09. The summed E-state index contributed by atoms with van der Waals surface area (Å²) < 4.78 is 48.8. The van der Waals surface area contributed by atoms with Gasteiger partial charge in [-0.15, -0.1) is 0 Å². The maximum absolute atomic E-state index is 12.9. The second-order valence-corrected chi connectivity index (χ2v) is 6.80. The molecule has 1 aliphatic carbocycles. The molecule has 0 N–H and O–H groups in total. The minimum atomic E-state index is -4.37. The van der Waals surface area contributed by atoms with E-state index in [9.17, 15) is 18.0 Å². The van der Waals surface area contributed by atoms with Crippen molar-refractivity contribution in [1.82, 2.24) is 4.90 Å². The molecule has 2 aromatic carbocycles. The molecule has 1 fully saturated rings. The molecule has 0 aliphatic heterocycles. The van der Waals surface area contributed by atoms with Gasteiger partial charge in [0.15, 0.2) is 0 Å². The number of methoxy groups -OCH3 is 2. The fourth-order valence-corrected chi connectivity index (χ4v) is 3.09. The summed E-state index contributed by atoms with van der Waals surface area (Å²) in [4.78, 5) is 14.7.